The molecule has 0 saturated heterocycles. The molecule has 4 fully saturated rings. The number of halogens is 1. The maximum Gasteiger partial charge on any atom is 0.302 e. The molecular formula is C31H49BrO5. The minimum absolute atomic E-state index is 0.0264. The van der Waals surface area contributed by atoms with Gasteiger partial charge < -0.3 is 9.47 Å². The lowest BCUT2D eigenvalue weighted by molar-refractivity contribution is -0.185. The van der Waals surface area contributed by atoms with Crippen molar-refractivity contribution in [1.82, 2.24) is 0 Å². The number of carbonyl (C=O) groups is 3. The van der Waals surface area contributed by atoms with Crippen molar-refractivity contribution in [3.8, 4) is 0 Å². The summed E-state index contributed by atoms with van der Waals surface area (Å²) in [5, 5.41) is 0. The van der Waals surface area contributed by atoms with Crippen molar-refractivity contribution in [3.05, 3.63) is 0 Å². The fourth-order valence-corrected chi connectivity index (χ4v) is 10.8. The van der Waals surface area contributed by atoms with Gasteiger partial charge in [-0.15, -0.1) is 0 Å². The number of carbonyl (C=O) groups excluding carboxylic acids is 3. The highest BCUT2D eigenvalue weighted by molar-refractivity contribution is 9.10. The second-order valence-electron chi connectivity index (χ2n) is 13.8. The average Bonchev–Trinajstić information content (AvgIpc) is 3.15. The number of alkyl halides is 1. The molecule has 4 aliphatic carbocycles. The van der Waals surface area contributed by atoms with E-state index in [1.54, 1.807) is 0 Å². The van der Waals surface area contributed by atoms with Crippen molar-refractivity contribution in [3.63, 3.8) is 0 Å². The second-order valence-corrected chi connectivity index (χ2v) is 15.2. The first-order chi connectivity index (χ1) is 17.2. The number of rotatable bonds is 7. The average molecular weight is 582 g/mol. The SMILES string of the molecule is CC(=O)O[C@H]1CC[C@]2(C)[C@H]3CC[C@]4(C)[C@@H]([C@H](C)CCC(=O)C(C)C)CC[C@H]4[C@@H]3C[C@@H](OC(C)=O)[C@@]2(Br)C1. The monoisotopic (exact) mass is 580 g/mol. The van der Waals surface area contributed by atoms with E-state index in [0.717, 1.165) is 25.7 Å². The molecule has 6 heteroatoms. The molecule has 0 amide bonds. The van der Waals surface area contributed by atoms with Crippen LogP contribution in [0.1, 0.15) is 113 Å². The van der Waals surface area contributed by atoms with Gasteiger partial charge in [0.15, 0.2) is 0 Å². The van der Waals surface area contributed by atoms with Crippen LogP contribution in [-0.2, 0) is 23.9 Å². The summed E-state index contributed by atoms with van der Waals surface area (Å²) in [4.78, 5) is 36.4. The molecule has 0 aliphatic heterocycles. The van der Waals surface area contributed by atoms with Crippen LogP contribution in [0.4, 0.5) is 0 Å². The number of ketones is 1. The van der Waals surface area contributed by atoms with Gasteiger partial charge in [0.25, 0.3) is 0 Å². The van der Waals surface area contributed by atoms with Crippen LogP contribution in [0.15, 0.2) is 0 Å². The number of hydrogen-bond donors (Lipinski definition) is 0. The predicted molar refractivity (Wildman–Crippen MR) is 148 cm³/mol. The maximum absolute atomic E-state index is 12.3. The van der Waals surface area contributed by atoms with E-state index in [4.69, 9.17) is 9.47 Å². The largest absolute Gasteiger partial charge is 0.463 e. The Morgan fingerprint density at radius 1 is 0.919 bits per heavy atom. The predicted octanol–water partition coefficient (Wildman–Crippen LogP) is 7.28. The van der Waals surface area contributed by atoms with Gasteiger partial charge in [-0.05, 0) is 91.8 Å². The first kappa shape index (κ1) is 29.1. The van der Waals surface area contributed by atoms with Crippen LogP contribution in [0.2, 0.25) is 0 Å². The molecule has 4 saturated carbocycles. The van der Waals surface area contributed by atoms with Gasteiger partial charge in [0.1, 0.15) is 18.0 Å². The molecule has 210 valence electrons. The zero-order valence-electron chi connectivity index (χ0n) is 24.1. The van der Waals surface area contributed by atoms with Crippen molar-refractivity contribution >= 4 is 33.7 Å². The van der Waals surface area contributed by atoms with Crippen LogP contribution >= 0.6 is 15.9 Å². The lowest BCUT2D eigenvalue weighted by Gasteiger charge is -2.66. The first-order valence-electron chi connectivity index (χ1n) is 14.8. The molecule has 0 aromatic carbocycles. The summed E-state index contributed by atoms with van der Waals surface area (Å²) in [7, 11) is 0. The lowest BCUT2D eigenvalue weighted by atomic mass is 9.43. The highest BCUT2D eigenvalue weighted by atomic mass is 79.9. The Balaban J connectivity index is 1.59. The van der Waals surface area contributed by atoms with Gasteiger partial charge in [0.2, 0.25) is 0 Å². The Bertz CT molecular complexity index is 902. The third-order valence-corrected chi connectivity index (χ3v) is 13.3. The molecular weight excluding hydrogens is 532 g/mol. The van der Waals surface area contributed by atoms with Gasteiger partial charge in [-0.25, -0.2) is 0 Å². The first-order valence-corrected chi connectivity index (χ1v) is 15.6. The topological polar surface area (TPSA) is 69.7 Å². The third kappa shape index (κ3) is 5.07. The van der Waals surface area contributed by atoms with E-state index in [9.17, 15) is 14.4 Å². The van der Waals surface area contributed by atoms with E-state index in [-0.39, 0.29) is 45.2 Å². The zero-order valence-corrected chi connectivity index (χ0v) is 25.7. The van der Waals surface area contributed by atoms with Gasteiger partial charge in [0, 0.05) is 32.6 Å². The summed E-state index contributed by atoms with van der Waals surface area (Å²) >= 11 is 4.18. The summed E-state index contributed by atoms with van der Waals surface area (Å²) in [6.45, 7) is 14.3. The van der Waals surface area contributed by atoms with E-state index in [2.05, 4.69) is 36.7 Å². The Morgan fingerprint density at radius 3 is 2.22 bits per heavy atom. The summed E-state index contributed by atoms with van der Waals surface area (Å²) < 4.78 is 11.4. The normalized spacial score (nSPS) is 43.8. The van der Waals surface area contributed by atoms with E-state index in [1.165, 1.54) is 39.5 Å². The van der Waals surface area contributed by atoms with Crippen LogP contribution in [0, 0.1) is 46.3 Å². The standard InChI is InChI=1S/C31H49BrO5/c1-18(2)27(35)11-8-19(3)24-9-10-25-23-16-28(37-21(5)34)31(32)17-22(36-20(4)33)12-15-30(31,7)26(23)13-14-29(24,25)6/h18-19,22-26,28H,8-17H2,1-7H3/t19-,22+,23+,24-,25+,26+,28-,29-,30-,31+/m1/s1. The third-order valence-electron chi connectivity index (χ3n) is 11.6. The van der Waals surface area contributed by atoms with E-state index >= 15 is 0 Å². The highest BCUT2D eigenvalue weighted by Crippen LogP contribution is 2.71. The molecule has 0 N–H and O–H groups in total. The van der Waals surface area contributed by atoms with Crippen LogP contribution in [-0.4, -0.2) is 34.3 Å². The van der Waals surface area contributed by atoms with Gasteiger partial charge in [-0.2, -0.15) is 0 Å². The molecule has 0 heterocycles. The molecule has 4 rings (SSSR count). The van der Waals surface area contributed by atoms with E-state index in [1.807, 2.05) is 13.8 Å². The Labute approximate surface area is 232 Å². The lowest BCUT2D eigenvalue weighted by Crippen LogP contribution is -2.66. The number of Topliss-reactive ketones (excluding diaryl/α,β-unsaturated/α-hetero) is 1. The number of fused-ring (bicyclic) bond motifs is 5. The molecule has 0 unspecified atom stereocenters. The van der Waals surface area contributed by atoms with Crippen molar-refractivity contribution < 1.29 is 23.9 Å². The van der Waals surface area contributed by atoms with Crippen molar-refractivity contribution in [2.75, 3.05) is 0 Å². The molecule has 4 aliphatic rings. The number of hydrogen-bond acceptors (Lipinski definition) is 5. The van der Waals surface area contributed by atoms with Crippen molar-refractivity contribution in [2.24, 2.45) is 46.3 Å². The quantitative estimate of drug-likeness (QED) is 0.234. The minimum atomic E-state index is -0.387. The van der Waals surface area contributed by atoms with Crippen LogP contribution < -0.4 is 0 Å². The Morgan fingerprint density at radius 2 is 1.59 bits per heavy atom. The Hall–Kier alpha value is -0.910. The smallest absolute Gasteiger partial charge is 0.302 e. The van der Waals surface area contributed by atoms with E-state index in [0.29, 0.717) is 48.2 Å². The van der Waals surface area contributed by atoms with Crippen molar-refractivity contribution in [2.45, 2.75) is 129 Å². The summed E-state index contributed by atoms with van der Waals surface area (Å²) in [5.74, 6) is 2.94. The number of esters is 2. The molecule has 0 radical (unpaired) electrons. The molecule has 0 spiro atoms. The summed E-state index contributed by atoms with van der Waals surface area (Å²) in [6.07, 6.45) is 9.63. The summed E-state index contributed by atoms with van der Waals surface area (Å²) in [5.41, 5.74) is 0.251. The minimum Gasteiger partial charge on any atom is -0.463 e. The molecule has 0 bridgehead atoms. The van der Waals surface area contributed by atoms with Crippen LogP contribution in [0.25, 0.3) is 0 Å². The highest BCUT2D eigenvalue weighted by Gasteiger charge is 2.68. The van der Waals surface area contributed by atoms with Gasteiger partial charge in [0.05, 0.1) is 4.32 Å². The second kappa shape index (κ2) is 10.6. The van der Waals surface area contributed by atoms with Gasteiger partial charge >= 0.3 is 11.9 Å². The fraction of sp³-hybridized carbons (Fsp3) is 0.903. The fourth-order valence-electron chi connectivity index (χ4n) is 9.68. The van der Waals surface area contributed by atoms with Crippen molar-refractivity contribution in [1.29, 1.82) is 0 Å². The number of ether oxygens (including phenoxy) is 2. The molecule has 0 aromatic heterocycles. The molecule has 10 atom stereocenters. The molecule has 5 nitrogen and oxygen atoms in total. The van der Waals surface area contributed by atoms with Gasteiger partial charge in [-0.1, -0.05) is 50.5 Å². The Kier molecular flexibility index (Phi) is 8.31. The maximum atomic E-state index is 12.3. The van der Waals surface area contributed by atoms with Crippen LogP contribution in [0.5, 0.6) is 0 Å². The zero-order chi connectivity index (χ0) is 27.3. The van der Waals surface area contributed by atoms with E-state index < -0.39 is 0 Å². The van der Waals surface area contributed by atoms with Gasteiger partial charge in [-0.3, -0.25) is 14.4 Å². The summed E-state index contributed by atoms with van der Waals surface area (Å²) in [6, 6.07) is 0. The van der Waals surface area contributed by atoms with Crippen LogP contribution in [0.3, 0.4) is 0 Å². The molecule has 37 heavy (non-hydrogen) atoms. The molecule has 0 aromatic rings.